The maximum absolute atomic E-state index is 12.9. The van der Waals surface area contributed by atoms with E-state index in [1.54, 1.807) is 0 Å². The lowest BCUT2D eigenvalue weighted by atomic mass is 10.00. The van der Waals surface area contributed by atoms with Crippen LogP contribution < -0.4 is 4.90 Å². The summed E-state index contributed by atoms with van der Waals surface area (Å²) < 4.78 is 0. The van der Waals surface area contributed by atoms with E-state index in [-0.39, 0.29) is 5.91 Å². The number of rotatable bonds is 9. The summed E-state index contributed by atoms with van der Waals surface area (Å²) in [5.74, 6) is 0.122. The van der Waals surface area contributed by atoms with Gasteiger partial charge in [0.25, 0.3) is 5.91 Å². The average Bonchev–Trinajstić information content (AvgIpc) is 2.90. The second-order valence-corrected chi connectivity index (χ2v) is 9.13. The molecule has 3 aromatic rings. The number of carbonyl (C=O) groups excluding carboxylic acids is 1. The van der Waals surface area contributed by atoms with Gasteiger partial charge in [-0.2, -0.15) is 0 Å². The Morgan fingerprint density at radius 3 is 2.00 bits per heavy atom. The van der Waals surface area contributed by atoms with Crippen LogP contribution in [0.15, 0.2) is 84.9 Å². The Bertz CT molecular complexity index is 1010. The van der Waals surface area contributed by atoms with Gasteiger partial charge >= 0.3 is 0 Å². The van der Waals surface area contributed by atoms with Crippen molar-refractivity contribution in [3.8, 4) is 0 Å². The smallest absolute Gasteiger partial charge is 0.253 e. The minimum atomic E-state index is 0.122. The van der Waals surface area contributed by atoms with Gasteiger partial charge in [-0.1, -0.05) is 55.5 Å². The predicted molar refractivity (Wildman–Crippen MR) is 142 cm³/mol. The molecule has 3 aromatic carbocycles. The Kier molecular flexibility index (Phi) is 8.37. The number of likely N-dealkylation sites (tertiary alicyclic amines) is 1. The van der Waals surface area contributed by atoms with Gasteiger partial charge in [0.2, 0.25) is 0 Å². The third kappa shape index (κ3) is 5.87. The van der Waals surface area contributed by atoms with Gasteiger partial charge in [-0.15, -0.1) is 0 Å². The van der Waals surface area contributed by atoms with Crippen LogP contribution >= 0.6 is 0 Å². The van der Waals surface area contributed by atoms with E-state index in [1.807, 2.05) is 24.0 Å². The maximum atomic E-state index is 12.9. The first-order valence-electron chi connectivity index (χ1n) is 12.7. The van der Waals surface area contributed by atoms with Gasteiger partial charge in [0.15, 0.2) is 0 Å². The highest BCUT2D eigenvalue weighted by molar-refractivity contribution is 5.94. The number of hydrogen-bond donors (Lipinski definition) is 0. The molecule has 0 unspecified atom stereocenters. The van der Waals surface area contributed by atoms with Crippen molar-refractivity contribution in [3.63, 3.8) is 0 Å². The molecule has 1 aliphatic rings. The first-order chi connectivity index (χ1) is 16.7. The zero-order valence-corrected chi connectivity index (χ0v) is 20.6. The van der Waals surface area contributed by atoms with Crippen LogP contribution in [0.2, 0.25) is 0 Å². The Balaban J connectivity index is 1.50. The molecule has 0 bridgehead atoms. The van der Waals surface area contributed by atoms with Crippen LogP contribution in [0, 0.1) is 0 Å². The fourth-order valence-corrected chi connectivity index (χ4v) is 4.96. The molecule has 0 N–H and O–H groups in total. The van der Waals surface area contributed by atoms with Crippen molar-refractivity contribution in [2.24, 2.45) is 0 Å². The number of hydrogen-bond acceptors (Lipinski definition) is 3. The van der Waals surface area contributed by atoms with Crippen molar-refractivity contribution in [2.75, 3.05) is 31.1 Å². The van der Waals surface area contributed by atoms with E-state index in [1.165, 1.54) is 11.3 Å². The highest BCUT2D eigenvalue weighted by atomic mass is 16.2. The largest absolute Gasteiger partial charge is 0.339 e. The van der Waals surface area contributed by atoms with Crippen molar-refractivity contribution in [2.45, 2.75) is 45.7 Å². The summed E-state index contributed by atoms with van der Waals surface area (Å²) in [6.45, 7) is 8.89. The molecule has 0 radical (unpaired) electrons. The molecule has 1 heterocycles. The molecule has 4 nitrogen and oxygen atoms in total. The summed E-state index contributed by atoms with van der Waals surface area (Å²) in [7, 11) is 0. The van der Waals surface area contributed by atoms with E-state index in [2.05, 4.69) is 89.5 Å². The van der Waals surface area contributed by atoms with E-state index in [4.69, 9.17) is 0 Å². The standard InChI is InChI=1S/C30H37N3O/c1-3-21-32(4-2)30(34)26-15-17-28(18-16-26)33(27-13-9-6-10-14-27)29-19-22-31(23-20-29)24-25-11-7-5-8-12-25/h5-18,29H,3-4,19-24H2,1-2H3. The van der Waals surface area contributed by atoms with E-state index in [0.717, 1.165) is 63.2 Å². The van der Waals surface area contributed by atoms with Crippen LogP contribution in [0.5, 0.6) is 0 Å². The van der Waals surface area contributed by atoms with Crippen LogP contribution in [0.25, 0.3) is 0 Å². The average molecular weight is 456 g/mol. The summed E-state index contributed by atoms with van der Waals surface area (Å²) in [4.78, 5) is 19.9. The molecule has 4 heteroatoms. The number of anilines is 2. The van der Waals surface area contributed by atoms with Crippen molar-refractivity contribution in [3.05, 3.63) is 96.1 Å². The summed E-state index contributed by atoms with van der Waals surface area (Å²) in [6.07, 6.45) is 3.20. The number of carbonyl (C=O) groups is 1. The molecule has 1 aliphatic heterocycles. The molecular weight excluding hydrogens is 418 g/mol. The first kappa shape index (κ1) is 24.0. The molecular formula is C30H37N3O. The molecule has 0 spiro atoms. The Labute approximate surface area is 204 Å². The molecule has 1 amide bonds. The van der Waals surface area contributed by atoms with E-state index < -0.39 is 0 Å². The molecule has 0 aliphatic carbocycles. The van der Waals surface area contributed by atoms with Crippen LogP contribution in [0.3, 0.4) is 0 Å². The lowest BCUT2D eigenvalue weighted by molar-refractivity contribution is 0.0764. The quantitative estimate of drug-likeness (QED) is 0.375. The molecule has 1 fully saturated rings. The lowest BCUT2D eigenvalue weighted by Crippen LogP contribution is -2.42. The molecule has 1 saturated heterocycles. The topological polar surface area (TPSA) is 26.8 Å². The van der Waals surface area contributed by atoms with E-state index >= 15 is 0 Å². The van der Waals surface area contributed by atoms with Crippen molar-refractivity contribution >= 4 is 17.3 Å². The number of para-hydroxylation sites is 1. The first-order valence-corrected chi connectivity index (χ1v) is 12.7. The fraction of sp³-hybridized carbons (Fsp3) is 0.367. The van der Waals surface area contributed by atoms with Gasteiger partial charge in [0.1, 0.15) is 0 Å². The SMILES string of the molecule is CCCN(CC)C(=O)c1ccc(N(c2ccccc2)C2CCN(Cc3ccccc3)CC2)cc1. The normalized spacial score (nSPS) is 14.6. The predicted octanol–water partition coefficient (Wildman–Crippen LogP) is 6.36. The molecule has 34 heavy (non-hydrogen) atoms. The number of benzene rings is 3. The van der Waals surface area contributed by atoms with Crippen molar-refractivity contribution in [1.82, 2.24) is 9.80 Å². The van der Waals surface area contributed by atoms with E-state index in [9.17, 15) is 4.79 Å². The molecule has 4 rings (SSSR count). The summed E-state index contributed by atoms with van der Waals surface area (Å²) >= 11 is 0. The zero-order valence-electron chi connectivity index (χ0n) is 20.6. The minimum absolute atomic E-state index is 0.122. The maximum Gasteiger partial charge on any atom is 0.253 e. The van der Waals surface area contributed by atoms with Crippen molar-refractivity contribution < 1.29 is 4.79 Å². The number of piperidine rings is 1. The van der Waals surface area contributed by atoms with Gasteiger partial charge in [0.05, 0.1) is 0 Å². The van der Waals surface area contributed by atoms with Gasteiger partial charge in [-0.3, -0.25) is 9.69 Å². The van der Waals surface area contributed by atoms with Crippen LogP contribution in [0.1, 0.15) is 49.0 Å². The summed E-state index contributed by atoms with van der Waals surface area (Å²) in [6, 6.07) is 30.1. The molecule has 0 saturated carbocycles. The minimum Gasteiger partial charge on any atom is -0.339 e. The monoisotopic (exact) mass is 455 g/mol. The Morgan fingerprint density at radius 2 is 1.41 bits per heavy atom. The Hall–Kier alpha value is -3.11. The van der Waals surface area contributed by atoms with Crippen molar-refractivity contribution in [1.29, 1.82) is 0 Å². The lowest BCUT2D eigenvalue weighted by Gasteiger charge is -2.40. The van der Waals surface area contributed by atoms with Crippen LogP contribution in [-0.2, 0) is 6.54 Å². The molecule has 178 valence electrons. The molecule has 0 atom stereocenters. The third-order valence-corrected chi connectivity index (χ3v) is 6.76. The van der Waals surface area contributed by atoms with Gasteiger partial charge in [0, 0.05) is 55.7 Å². The number of amides is 1. The Morgan fingerprint density at radius 1 is 0.824 bits per heavy atom. The fourth-order valence-electron chi connectivity index (χ4n) is 4.96. The van der Waals surface area contributed by atoms with Crippen LogP contribution in [-0.4, -0.2) is 47.9 Å². The summed E-state index contributed by atoms with van der Waals surface area (Å²) in [5, 5.41) is 0. The second kappa shape index (κ2) is 11.8. The van der Waals surface area contributed by atoms with E-state index in [0.29, 0.717) is 6.04 Å². The highest BCUT2D eigenvalue weighted by Gasteiger charge is 2.26. The van der Waals surface area contributed by atoms with Gasteiger partial charge in [-0.05, 0) is 68.1 Å². The van der Waals surface area contributed by atoms with Gasteiger partial charge < -0.3 is 9.80 Å². The zero-order chi connectivity index (χ0) is 23.8. The third-order valence-electron chi connectivity index (χ3n) is 6.76. The number of nitrogens with zero attached hydrogens (tertiary/aromatic N) is 3. The van der Waals surface area contributed by atoms with Crippen LogP contribution in [0.4, 0.5) is 11.4 Å². The summed E-state index contributed by atoms with van der Waals surface area (Å²) in [5.41, 5.74) is 4.52. The van der Waals surface area contributed by atoms with Gasteiger partial charge in [-0.25, -0.2) is 0 Å². The highest BCUT2D eigenvalue weighted by Crippen LogP contribution is 2.32. The molecule has 0 aromatic heterocycles. The second-order valence-electron chi connectivity index (χ2n) is 9.13.